The quantitative estimate of drug-likeness (QED) is 0.634. The number of aromatic amines is 1. The monoisotopic (exact) mass is 383 g/mol. The summed E-state index contributed by atoms with van der Waals surface area (Å²) in [6.07, 6.45) is 3.89. The molecular formula is C19H17N3O6. The molecule has 0 bridgehead atoms. The smallest absolute Gasteiger partial charge is 0.343 e. The first kappa shape index (κ1) is 19.0. The van der Waals surface area contributed by atoms with E-state index in [1.54, 1.807) is 24.4 Å². The van der Waals surface area contributed by atoms with E-state index in [1.165, 1.54) is 13.3 Å². The third kappa shape index (κ3) is 3.54. The van der Waals surface area contributed by atoms with Gasteiger partial charge in [-0.05, 0) is 17.7 Å². The minimum absolute atomic E-state index is 0.142. The number of fused-ring (bicyclic) bond motifs is 1. The van der Waals surface area contributed by atoms with Gasteiger partial charge >= 0.3 is 11.9 Å². The summed E-state index contributed by atoms with van der Waals surface area (Å²) in [5.41, 5.74) is 0.711. The van der Waals surface area contributed by atoms with Crippen molar-refractivity contribution < 1.29 is 24.2 Å². The summed E-state index contributed by atoms with van der Waals surface area (Å²) in [6, 6.07) is 5.03. The van der Waals surface area contributed by atoms with E-state index in [9.17, 15) is 19.5 Å². The number of methoxy groups -OCH3 is 2. The summed E-state index contributed by atoms with van der Waals surface area (Å²) in [4.78, 5) is 47.2. The molecule has 0 aliphatic carbocycles. The normalized spacial score (nSPS) is 11.8. The van der Waals surface area contributed by atoms with Crippen LogP contribution in [-0.4, -0.2) is 46.2 Å². The van der Waals surface area contributed by atoms with Gasteiger partial charge in [0.2, 0.25) is 0 Å². The van der Waals surface area contributed by atoms with E-state index in [4.69, 9.17) is 4.74 Å². The number of carbonyl (C=O) groups is 2. The zero-order chi connectivity index (χ0) is 20.3. The average molecular weight is 383 g/mol. The molecule has 2 aromatic heterocycles. The molecule has 0 radical (unpaired) electrons. The standard InChI is InChI=1S/C19H17N3O6/c1-27-15(23)8-11(10-3-4-13-14(7-10)21-6-5-20-13)16-17(24)12(19(26)28-2)9-22-18(16)25/h3-7,9,11H,8H2,1-2H3,(H2,22,24,25)/t11-/m0/s1. The summed E-state index contributed by atoms with van der Waals surface area (Å²) in [7, 11) is 2.38. The van der Waals surface area contributed by atoms with E-state index in [1.807, 2.05) is 0 Å². The van der Waals surface area contributed by atoms with Gasteiger partial charge < -0.3 is 19.6 Å². The molecule has 3 aromatic rings. The Kier molecular flexibility index (Phi) is 5.35. The maximum absolute atomic E-state index is 12.5. The number of benzene rings is 1. The van der Waals surface area contributed by atoms with Gasteiger partial charge in [0.1, 0.15) is 11.3 Å². The molecule has 0 amide bonds. The average Bonchev–Trinajstić information content (AvgIpc) is 2.72. The third-order valence-electron chi connectivity index (χ3n) is 4.35. The molecule has 0 aliphatic heterocycles. The van der Waals surface area contributed by atoms with Crippen LogP contribution in [0.5, 0.6) is 5.75 Å². The van der Waals surface area contributed by atoms with E-state index in [0.717, 1.165) is 13.3 Å². The second-order valence-electron chi connectivity index (χ2n) is 5.92. The maximum atomic E-state index is 12.5. The fraction of sp³-hybridized carbons (Fsp3) is 0.211. The highest BCUT2D eigenvalue weighted by Gasteiger charge is 2.28. The number of aromatic hydroxyl groups is 1. The number of aromatic nitrogens is 3. The lowest BCUT2D eigenvalue weighted by Gasteiger charge is -2.18. The number of pyridine rings is 1. The summed E-state index contributed by atoms with van der Waals surface area (Å²) < 4.78 is 9.36. The Bertz CT molecular complexity index is 1110. The first-order chi connectivity index (χ1) is 13.5. The summed E-state index contributed by atoms with van der Waals surface area (Å²) in [5, 5.41) is 10.6. The van der Waals surface area contributed by atoms with Crippen molar-refractivity contribution in [1.82, 2.24) is 15.0 Å². The highest BCUT2D eigenvalue weighted by atomic mass is 16.5. The predicted molar refractivity (Wildman–Crippen MR) is 98.1 cm³/mol. The largest absolute Gasteiger partial charge is 0.506 e. The van der Waals surface area contributed by atoms with Crippen molar-refractivity contribution in [2.45, 2.75) is 12.3 Å². The molecule has 0 spiro atoms. The molecular weight excluding hydrogens is 366 g/mol. The predicted octanol–water partition coefficient (Wildman–Crippen LogP) is 1.51. The lowest BCUT2D eigenvalue weighted by molar-refractivity contribution is -0.140. The van der Waals surface area contributed by atoms with Crippen LogP contribution < -0.4 is 5.56 Å². The zero-order valence-electron chi connectivity index (χ0n) is 15.1. The van der Waals surface area contributed by atoms with Gasteiger partial charge in [-0.1, -0.05) is 6.07 Å². The Morgan fingerprint density at radius 2 is 1.86 bits per heavy atom. The van der Waals surface area contributed by atoms with Crippen LogP contribution in [0, 0.1) is 0 Å². The van der Waals surface area contributed by atoms with Crippen LogP contribution in [0.2, 0.25) is 0 Å². The van der Waals surface area contributed by atoms with Crippen LogP contribution in [0.15, 0.2) is 41.6 Å². The number of hydrogen-bond donors (Lipinski definition) is 2. The van der Waals surface area contributed by atoms with Crippen molar-refractivity contribution >= 4 is 23.0 Å². The van der Waals surface area contributed by atoms with Crippen LogP contribution in [0.4, 0.5) is 0 Å². The highest BCUT2D eigenvalue weighted by Crippen LogP contribution is 2.34. The number of esters is 2. The Labute approximate surface area is 159 Å². The molecule has 0 saturated heterocycles. The number of carbonyl (C=O) groups excluding carboxylic acids is 2. The van der Waals surface area contributed by atoms with Crippen LogP contribution in [0.25, 0.3) is 11.0 Å². The molecule has 2 heterocycles. The van der Waals surface area contributed by atoms with Gasteiger partial charge in [0.15, 0.2) is 0 Å². The van der Waals surface area contributed by atoms with Crippen molar-refractivity contribution in [2.75, 3.05) is 14.2 Å². The number of nitrogens with zero attached hydrogens (tertiary/aromatic N) is 2. The number of nitrogens with one attached hydrogen (secondary N) is 1. The van der Waals surface area contributed by atoms with Gasteiger partial charge in [-0.2, -0.15) is 0 Å². The number of rotatable bonds is 5. The van der Waals surface area contributed by atoms with E-state index >= 15 is 0 Å². The second-order valence-corrected chi connectivity index (χ2v) is 5.92. The second kappa shape index (κ2) is 7.87. The molecule has 3 rings (SSSR count). The molecule has 144 valence electrons. The molecule has 0 aliphatic rings. The van der Waals surface area contributed by atoms with Crippen LogP contribution in [0.1, 0.15) is 33.8 Å². The van der Waals surface area contributed by atoms with Gasteiger partial charge in [-0.15, -0.1) is 0 Å². The minimum Gasteiger partial charge on any atom is -0.506 e. The Morgan fingerprint density at radius 3 is 2.54 bits per heavy atom. The molecule has 2 N–H and O–H groups in total. The zero-order valence-corrected chi connectivity index (χ0v) is 15.1. The molecule has 0 fully saturated rings. The third-order valence-corrected chi connectivity index (χ3v) is 4.35. The lowest BCUT2D eigenvalue weighted by atomic mass is 9.87. The number of H-pyrrole nitrogens is 1. The van der Waals surface area contributed by atoms with E-state index in [-0.39, 0.29) is 17.5 Å². The van der Waals surface area contributed by atoms with Crippen LogP contribution in [0.3, 0.4) is 0 Å². The van der Waals surface area contributed by atoms with Gasteiger partial charge in [-0.3, -0.25) is 19.6 Å². The Hall–Kier alpha value is -3.75. The summed E-state index contributed by atoms with van der Waals surface area (Å²) in [5.74, 6) is -2.85. The topological polar surface area (TPSA) is 131 Å². The van der Waals surface area contributed by atoms with Gasteiger partial charge in [0.25, 0.3) is 5.56 Å². The van der Waals surface area contributed by atoms with E-state index in [0.29, 0.717) is 16.6 Å². The SMILES string of the molecule is COC(=O)C[C@@H](c1ccc2nccnc2c1)c1c(O)c(C(=O)OC)c[nH]c1=O. The molecule has 9 nitrogen and oxygen atoms in total. The van der Waals surface area contributed by atoms with Crippen molar-refractivity contribution in [1.29, 1.82) is 0 Å². The fourth-order valence-corrected chi connectivity index (χ4v) is 2.96. The van der Waals surface area contributed by atoms with Crippen molar-refractivity contribution in [2.24, 2.45) is 0 Å². The highest BCUT2D eigenvalue weighted by molar-refractivity contribution is 5.92. The van der Waals surface area contributed by atoms with Crippen molar-refractivity contribution in [3.8, 4) is 5.75 Å². The lowest BCUT2D eigenvalue weighted by Crippen LogP contribution is -2.22. The molecule has 0 saturated carbocycles. The molecule has 9 heteroatoms. The Balaban J connectivity index is 2.21. The number of ether oxygens (including phenoxy) is 2. The van der Waals surface area contributed by atoms with Crippen LogP contribution in [-0.2, 0) is 14.3 Å². The summed E-state index contributed by atoms with van der Waals surface area (Å²) >= 11 is 0. The summed E-state index contributed by atoms with van der Waals surface area (Å²) in [6.45, 7) is 0. The maximum Gasteiger partial charge on any atom is 0.343 e. The Morgan fingerprint density at radius 1 is 1.14 bits per heavy atom. The van der Waals surface area contributed by atoms with E-state index in [2.05, 4.69) is 19.7 Å². The van der Waals surface area contributed by atoms with Gasteiger partial charge in [-0.25, -0.2) is 4.79 Å². The van der Waals surface area contributed by atoms with Gasteiger partial charge in [0, 0.05) is 24.5 Å². The molecule has 28 heavy (non-hydrogen) atoms. The van der Waals surface area contributed by atoms with Crippen LogP contribution >= 0.6 is 0 Å². The molecule has 1 aromatic carbocycles. The van der Waals surface area contributed by atoms with E-state index < -0.39 is 29.2 Å². The van der Waals surface area contributed by atoms with Crippen molar-refractivity contribution in [3.63, 3.8) is 0 Å². The molecule has 0 unspecified atom stereocenters. The van der Waals surface area contributed by atoms with Crippen molar-refractivity contribution in [3.05, 3.63) is 63.8 Å². The fourth-order valence-electron chi connectivity index (χ4n) is 2.96. The number of hydrogen-bond acceptors (Lipinski definition) is 8. The minimum atomic E-state index is -0.882. The first-order valence-electron chi connectivity index (χ1n) is 8.26. The van der Waals surface area contributed by atoms with Gasteiger partial charge in [0.05, 0.1) is 37.2 Å². The first-order valence-corrected chi connectivity index (χ1v) is 8.26. The molecule has 1 atom stereocenters.